The van der Waals surface area contributed by atoms with Gasteiger partial charge in [0, 0.05) is 189 Å². The Kier molecular flexibility index (Phi) is 20.0. The second kappa shape index (κ2) is 28.3. The molecule has 0 unspecified atom stereocenters. The van der Waals surface area contributed by atoms with E-state index >= 15 is 0 Å². The van der Waals surface area contributed by atoms with Gasteiger partial charge in [-0.2, -0.15) is 9.97 Å². The van der Waals surface area contributed by atoms with E-state index in [0.717, 1.165) is 72.7 Å². The van der Waals surface area contributed by atoms with Crippen molar-refractivity contribution in [1.29, 1.82) is 0 Å². The molecule has 4 saturated heterocycles. The molecule has 0 radical (unpaired) electrons. The van der Waals surface area contributed by atoms with Crippen LogP contribution in [0.4, 0.5) is 49.0 Å². The van der Waals surface area contributed by atoms with Crippen molar-refractivity contribution >= 4 is 75.0 Å². The van der Waals surface area contributed by atoms with Crippen LogP contribution < -0.4 is 36.9 Å². The first kappa shape index (κ1) is 62.2. The van der Waals surface area contributed by atoms with Gasteiger partial charge in [0.15, 0.2) is 0 Å². The molecule has 3 amide bonds. The molecule has 8 heterocycles. The molecule has 0 atom stereocenters. The molecule has 24 nitrogen and oxygen atoms in total. The number of piperazine rings is 4. The Morgan fingerprint density at radius 3 is 1.32 bits per heavy atom. The van der Waals surface area contributed by atoms with E-state index in [1.54, 1.807) is 60.5 Å². The maximum atomic E-state index is 12.9. The summed E-state index contributed by atoms with van der Waals surface area (Å²) < 4.78 is 19.9. The van der Waals surface area contributed by atoms with Gasteiger partial charge < -0.3 is 54.7 Å². The first-order chi connectivity index (χ1) is 42.4. The van der Waals surface area contributed by atoms with E-state index in [0.29, 0.717) is 115 Å². The number of nitrogens with one attached hydrogen (secondary N) is 3. The fraction of sp³-hybridized carbons (Fsp3) is 0.453. The zero-order valence-corrected chi connectivity index (χ0v) is 51.4. The molecule has 4 aliphatic heterocycles. The standard InChI is InChI=1S/C36H44N8O5.C28H38N8O3/c1-36(2,3)49-35(47)43-18-15-40(16-19-43)17-24-44-31(45)14-9-28-25-37-33(39-32(28)44)38-29-10-12-30(13-11-29)41-20-22-42(23-21-41)34(46)48-26-27-7-5-4-6-8-27;1-28(2,3)39-27(38)35-17-14-33(15-18-35)16-19-36-24(37)9-4-21-20-30-26(32-25(21)36)31-22-5-7-23(8-6-22)34-12-10-29-11-13-34/h4-14,25H,15-24,26H2,1-3H3,(H,37,38,39);4-9,20,29H,10-19H2,1-3H3,(H,30,31,32). The number of amides is 3. The minimum absolute atomic E-state index is 0.0973. The van der Waals surface area contributed by atoms with E-state index in [2.05, 4.69) is 57.7 Å². The third-order valence-corrected chi connectivity index (χ3v) is 15.6. The molecule has 0 spiro atoms. The molecule has 4 fully saturated rings. The second-order valence-corrected chi connectivity index (χ2v) is 24.3. The second-order valence-electron chi connectivity index (χ2n) is 24.3. The maximum Gasteiger partial charge on any atom is 0.410 e. The Balaban J connectivity index is 0.000000199. The average Bonchev–Trinajstić information content (AvgIpc) is 3.12. The third-order valence-electron chi connectivity index (χ3n) is 15.6. The van der Waals surface area contributed by atoms with E-state index in [-0.39, 0.29) is 36.0 Å². The SMILES string of the molecule is CC(C)(C)OC(=O)N1CCN(CCn2c(=O)ccc3cnc(Nc4ccc(N5CCN(C(=O)OCc6ccccc6)CC5)cc4)nc32)CC1.CC(C)(C)OC(=O)N1CCN(CCn2c(=O)ccc3cnc(Nc4ccc(N5CCNCC5)cc4)nc32)CC1. The van der Waals surface area contributed by atoms with Gasteiger partial charge in [0.2, 0.25) is 11.9 Å². The fourth-order valence-electron chi connectivity index (χ4n) is 10.8. The van der Waals surface area contributed by atoms with Gasteiger partial charge in [-0.05, 0) is 108 Å². The fourth-order valence-corrected chi connectivity index (χ4v) is 10.8. The smallest absolute Gasteiger partial charge is 0.410 e. The normalized spacial score (nSPS) is 16.2. The molecule has 88 heavy (non-hydrogen) atoms. The number of aromatic nitrogens is 6. The largest absolute Gasteiger partial charge is 0.445 e. The lowest BCUT2D eigenvalue weighted by molar-refractivity contribution is 0.0133. The average molecular weight is 1200 g/mol. The monoisotopic (exact) mass is 1200 g/mol. The van der Waals surface area contributed by atoms with E-state index in [9.17, 15) is 24.0 Å². The Morgan fingerprint density at radius 2 is 0.886 bits per heavy atom. The molecular weight excluding hydrogens is 1120 g/mol. The number of carbonyl (C=O) groups is 3. The highest BCUT2D eigenvalue weighted by Gasteiger charge is 2.28. The van der Waals surface area contributed by atoms with E-state index in [4.69, 9.17) is 24.2 Å². The van der Waals surface area contributed by atoms with Crippen LogP contribution >= 0.6 is 0 Å². The molecular formula is C64H82N16O8. The van der Waals surface area contributed by atoms with Crippen LogP contribution in [0.25, 0.3) is 22.1 Å². The van der Waals surface area contributed by atoms with Crippen molar-refractivity contribution in [3.8, 4) is 0 Å². The number of hydrogen-bond acceptors (Lipinski definition) is 19. The van der Waals surface area contributed by atoms with E-state index < -0.39 is 11.2 Å². The molecule has 24 heteroatoms. The minimum atomic E-state index is -0.526. The third kappa shape index (κ3) is 17.0. The topological polar surface area (TPSA) is 233 Å². The predicted molar refractivity (Wildman–Crippen MR) is 341 cm³/mol. The minimum Gasteiger partial charge on any atom is -0.445 e. The first-order valence-corrected chi connectivity index (χ1v) is 30.4. The van der Waals surface area contributed by atoms with Crippen LogP contribution in [0.5, 0.6) is 0 Å². The van der Waals surface area contributed by atoms with Gasteiger partial charge in [-0.15, -0.1) is 0 Å². The van der Waals surface area contributed by atoms with Crippen LogP contribution in [0.3, 0.4) is 0 Å². The summed E-state index contributed by atoms with van der Waals surface area (Å²) in [6.45, 7) is 25.6. The predicted octanol–water partition coefficient (Wildman–Crippen LogP) is 7.04. The van der Waals surface area contributed by atoms with Gasteiger partial charge in [-0.1, -0.05) is 30.3 Å². The highest BCUT2D eigenvalue weighted by molar-refractivity contribution is 5.77. The molecule has 466 valence electrons. The van der Waals surface area contributed by atoms with Crippen LogP contribution in [0.2, 0.25) is 0 Å². The van der Waals surface area contributed by atoms with Crippen molar-refractivity contribution in [3.63, 3.8) is 0 Å². The van der Waals surface area contributed by atoms with Gasteiger partial charge in [-0.25, -0.2) is 24.4 Å². The van der Waals surface area contributed by atoms with Crippen LogP contribution in [0.1, 0.15) is 47.1 Å². The summed E-state index contributed by atoms with van der Waals surface area (Å²) >= 11 is 0. The number of nitrogens with zero attached hydrogens (tertiary/aromatic N) is 13. The summed E-state index contributed by atoms with van der Waals surface area (Å²) in [6, 6.07) is 32.6. The van der Waals surface area contributed by atoms with Gasteiger partial charge in [0.05, 0.1) is 0 Å². The molecule has 0 bridgehead atoms. The van der Waals surface area contributed by atoms with Crippen molar-refractivity contribution in [1.82, 2.24) is 58.9 Å². The zero-order chi connectivity index (χ0) is 61.8. The van der Waals surface area contributed by atoms with Crippen LogP contribution in [-0.2, 0) is 33.9 Å². The van der Waals surface area contributed by atoms with Crippen molar-refractivity contribution in [2.24, 2.45) is 0 Å². The molecule has 4 aromatic heterocycles. The molecule has 0 saturated carbocycles. The van der Waals surface area contributed by atoms with E-state index in [1.807, 2.05) is 108 Å². The van der Waals surface area contributed by atoms with Gasteiger partial charge >= 0.3 is 18.3 Å². The van der Waals surface area contributed by atoms with E-state index in [1.165, 1.54) is 5.69 Å². The Labute approximate surface area is 513 Å². The van der Waals surface area contributed by atoms with Gasteiger partial charge in [0.1, 0.15) is 29.1 Å². The molecule has 4 aliphatic rings. The Morgan fingerprint density at radius 1 is 0.477 bits per heavy atom. The van der Waals surface area contributed by atoms with Crippen LogP contribution in [0, 0.1) is 0 Å². The zero-order valence-electron chi connectivity index (χ0n) is 51.4. The molecule has 3 N–H and O–H groups in total. The van der Waals surface area contributed by atoms with Crippen LogP contribution in [-0.4, -0.2) is 201 Å². The number of fused-ring (bicyclic) bond motifs is 2. The number of pyridine rings is 2. The highest BCUT2D eigenvalue weighted by atomic mass is 16.6. The van der Waals surface area contributed by atoms with Crippen molar-refractivity contribution in [3.05, 3.63) is 142 Å². The lowest BCUT2D eigenvalue weighted by Crippen LogP contribution is -2.50. The van der Waals surface area contributed by atoms with Crippen molar-refractivity contribution in [2.75, 3.05) is 138 Å². The Hall–Kier alpha value is -8.87. The molecule has 11 rings (SSSR count). The van der Waals surface area contributed by atoms with Gasteiger partial charge in [-0.3, -0.25) is 28.5 Å². The van der Waals surface area contributed by atoms with Crippen molar-refractivity contribution < 1.29 is 28.6 Å². The number of rotatable bonds is 14. The summed E-state index contributed by atoms with van der Waals surface area (Å²) in [4.78, 5) is 95.8. The molecule has 7 aromatic rings. The summed E-state index contributed by atoms with van der Waals surface area (Å²) in [6.07, 6.45) is 2.61. The number of hydrogen-bond donors (Lipinski definition) is 3. The van der Waals surface area contributed by atoms with Gasteiger partial charge in [0.25, 0.3) is 11.1 Å². The number of ether oxygens (including phenoxy) is 3. The quantitative estimate of drug-likeness (QED) is 0.0926. The van der Waals surface area contributed by atoms with Crippen molar-refractivity contribution in [2.45, 2.75) is 72.4 Å². The summed E-state index contributed by atoms with van der Waals surface area (Å²) in [5.41, 5.74) is 4.84. The first-order valence-electron chi connectivity index (χ1n) is 30.4. The van der Waals surface area contributed by atoms with Crippen LogP contribution in [0.15, 0.2) is 125 Å². The number of carbonyl (C=O) groups excluding carboxylic acids is 3. The highest BCUT2D eigenvalue weighted by Crippen LogP contribution is 2.25. The number of benzene rings is 3. The molecule has 0 aliphatic carbocycles. The number of anilines is 6. The summed E-state index contributed by atoms with van der Waals surface area (Å²) in [5, 5.41) is 11.5. The maximum absolute atomic E-state index is 12.9. The summed E-state index contributed by atoms with van der Waals surface area (Å²) in [7, 11) is 0. The lowest BCUT2D eigenvalue weighted by Gasteiger charge is -2.35. The molecule has 3 aromatic carbocycles. The Bertz CT molecular complexity index is 3600. The summed E-state index contributed by atoms with van der Waals surface area (Å²) in [5.74, 6) is 0.843. The lowest BCUT2D eigenvalue weighted by atomic mass is 10.2.